The van der Waals surface area contributed by atoms with E-state index in [1.54, 1.807) is 13.8 Å². The second kappa shape index (κ2) is 4.66. The van der Waals surface area contributed by atoms with Gasteiger partial charge in [0.1, 0.15) is 0 Å². The number of carboxylic acids is 1. The quantitative estimate of drug-likeness (QED) is 0.848. The van der Waals surface area contributed by atoms with Crippen molar-refractivity contribution in [1.29, 1.82) is 0 Å². The van der Waals surface area contributed by atoms with Crippen LogP contribution in [0.3, 0.4) is 0 Å². The molecule has 0 heterocycles. The molecule has 3 heteroatoms. The van der Waals surface area contributed by atoms with Crippen molar-refractivity contribution in [3.05, 3.63) is 35.9 Å². The van der Waals surface area contributed by atoms with Crippen LogP contribution in [0.2, 0.25) is 0 Å². The second-order valence-corrected chi connectivity index (χ2v) is 4.80. The fraction of sp³-hybridized carbons (Fsp3) is 0.462. The minimum absolute atomic E-state index is 0.133. The Balaban J connectivity index is 3.16. The monoisotopic (exact) mass is 221 g/mol. The van der Waals surface area contributed by atoms with Crippen molar-refractivity contribution in [2.75, 3.05) is 14.1 Å². The summed E-state index contributed by atoms with van der Waals surface area (Å²) < 4.78 is 0. The Labute approximate surface area is 96.7 Å². The third-order valence-corrected chi connectivity index (χ3v) is 2.87. The summed E-state index contributed by atoms with van der Waals surface area (Å²) in [7, 11) is 3.81. The fourth-order valence-corrected chi connectivity index (χ4v) is 2.11. The lowest BCUT2D eigenvalue weighted by Gasteiger charge is -2.35. The van der Waals surface area contributed by atoms with Gasteiger partial charge in [-0.3, -0.25) is 4.79 Å². The molecule has 0 aliphatic heterocycles. The molecule has 88 valence electrons. The zero-order chi connectivity index (χ0) is 12.3. The van der Waals surface area contributed by atoms with Gasteiger partial charge in [0, 0.05) is 6.04 Å². The molecule has 1 aromatic carbocycles. The van der Waals surface area contributed by atoms with Crippen molar-refractivity contribution in [3.8, 4) is 0 Å². The standard InChI is InChI=1S/C13H19NO2/c1-13(2,12(15)16)11(14(3)4)10-8-6-5-7-9-10/h5-9,11H,1-4H3,(H,15,16). The summed E-state index contributed by atoms with van der Waals surface area (Å²) in [5.74, 6) is -0.782. The molecule has 1 aromatic rings. The maximum absolute atomic E-state index is 11.3. The second-order valence-electron chi connectivity index (χ2n) is 4.80. The molecule has 0 aliphatic carbocycles. The van der Waals surface area contributed by atoms with Crippen LogP contribution in [-0.2, 0) is 4.79 Å². The van der Waals surface area contributed by atoms with E-state index < -0.39 is 11.4 Å². The summed E-state index contributed by atoms with van der Waals surface area (Å²) in [6.07, 6.45) is 0. The number of carboxylic acid groups (broad SMARTS) is 1. The molecule has 1 N–H and O–H groups in total. The number of aliphatic carboxylic acids is 1. The summed E-state index contributed by atoms with van der Waals surface area (Å²) in [6, 6.07) is 9.61. The molecular weight excluding hydrogens is 202 g/mol. The molecule has 0 aromatic heterocycles. The molecule has 1 unspecified atom stereocenters. The molecule has 1 atom stereocenters. The summed E-state index contributed by atoms with van der Waals surface area (Å²) in [5.41, 5.74) is 0.213. The molecule has 0 aliphatic rings. The average Bonchev–Trinajstić information content (AvgIpc) is 2.18. The molecule has 16 heavy (non-hydrogen) atoms. The van der Waals surface area contributed by atoms with Gasteiger partial charge in [0.2, 0.25) is 0 Å². The molecule has 0 saturated heterocycles. The molecule has 0 amide bonds. The molecule has 0 fully saturated rings. The Hall–Kier alpha value is -1.35. The van der Waals surface area contributed by atoms with E-state index in [0.29, 0.717) is 0 Å². The van der Waals surface area contributed by atoms with E-state index in [1.807, 2.05) is 49.3 Å². The van der Waals surface area contributed by atoms with Gasteiger partial charge in [-0.15, -0.1) is 0 Å². The maximum Gasteiger partial charge on any atom is 0.311 e. The van der Waals surface area contributed by atoms with Crippen molar-refractivity contribution in [2.24, 2.45) is 5.41 Å². The number of hydrogen-bond donors (Lipinski definition) is 1. The van der Waals surface area contributed by atoms with E-state index in [9.17, 15) is 9.90 Å². The van der Waals surface area contributed by atoms with Crippen molar-refractivity contribution in [3.63, 3.8) is 0 Å². The first-order valence-corrected chi connectivity index (χ1v) is 5.32. The third kappa shape index (κ3) is 2.42. The minimum atomic E-state index is -0.815. The Morgan fingerprint density at radius 1 is 1.25 bits per heavy atom. The highest BCUT2D eigenvalue weighted by Gasteiger charge is 2.39. The van der Waals surface area contributed by atoms with Gasteiger partial charge in [-0.2, -0.15) is 0 Å². The first-order chi connectivity index (χ1) is 7.37. The van der Waals surface area contributed by atoms with E-state index in [4.69, 9.17) is 0 Å². The third-order valence-electron chi connectivity index (χ3n) is 2.87. The summed E-state index contributed by atoms with van der Waals surface area (Å²) >= 11 is 0. The average molecular weight is 221 g/mol. The smallest absolute Gasteiger partial charge is 0.311 e. The molecule has 1 rings (SSSR count). The first kappa shape index (κ1) is 12.7. The van der Waals surface area contributed by atoms with Crippen LogP contribution in [0.1, 0.15) is 25.5 Å². The largest absolute Gasteiger partial charge is 0.481 e. The number of rotatable bonds is 4. The first-order valence-electron chi connectivity index (χ1n) is 5.32. The lowest BCUT2D eigenvalue weighted by molar-refractivity contribution is -0.150. The highest BCUT2D eigenvalue weighted by Crippen LogP contribution is 2.37. The Kier molecular flexibility index (Phi) is 3.70. The minimum Gasteiger partial charge on any atom is -0.481 e. The van der Waals surface area contributed by atoms with Gasteiger partial charge in [0.15, 0.2) is 0 Å². The van der Waals surface area contributed by atoms with E-state index in [2.05, 4.69) is 0 Å². The topological polar surface area (TPSA) is 40.5 Å². The molecular formula is C13H19NO2. The van der Waals surface area contributed by atoms with Crippen LogP contribution < -0.4 is 0 Å². The van der Waals surface area contributed by atoms with Crippen LogP contribution >= 0.6 is 0 Å². The van der Waals surface area contributed by atoms with E-state index in [1.165, 1.54) is 0 Å². The Morgan fingerprint density at radius 3 is 2.12 bits per heavy atom. The Bertz CT molecular complexity index is 357. The Morgan fingerprint density at radius 2 is 1.75 bits per heavy atom. The van der Waals surface area contributed by atoms with Gasteiger partial charge in [0.05, 0.1) is 5.41 Å². The van der Waals surface area contributed by atoms with Crippen LogP contribution in [0, 0.1) is 5.41 Å². The van der Waals surface area contributed by atoms with Crippen molar-refractivity contribution in [2.45, 2.75) is 19.9 Å². The van der Waals surface area contributed by atoms with Crippen molar-refractivity contribution < 1.29 is 9.90 Å². The predicted octanol–water partition coefficient (Wildman–Crippen LogP) is 2.40. The van der Waals surface area contributed by atoms with E-state index >= 15 is 0 Å². The van der Waals surface area contributed by atoms with Gasteiger partial charge >= 0.3 is 5.97 Å². The highest BCUT2D eigenvalue weighted by molar-refractivity contribution is 5.75. The van der Waals surface area contributed by atoms with Crippen LogP contribution in [-0.4, -0.2) is 30.1 Å². The van der Waals surface area contributed by atoms with Gasteiger partial charge in [-0.05, 0) is 33.5 Å². The van der Waals surface area contributed by atoms with Crippen LogP contribution in [0.15, 0.2) is 30.3 Å². The van der Waals surface area contributed by atoms with E-state index in [0.717, 1.165) is 5.56 Å². The number of benzene rings is 1. The SMILES string of the molecule is CN(C)C(c1ccccc1)C(C)(C)C(=O)O. The molecule has 0 bridgehead atoms. The van der Waals surface area contributed by atoms with Crippen molar-refractivity contribution in [1.82, 2.24) is 4.90 Å². The van der Waals surface area contributed by atoms with Crippen LogP contribution in [0.4, 0.5) is 0 Å². The molecule has 0 radical (unpaired) electrons. The zero-order valence-electron chi connectivity index (χ0n) is 10.3. The summed E-state index contributed by atoms with van der Waals surface area (Å²) in [5, 5.41) is 9.30. The zero-order valence-corrected chi connectivity index (χ0v) is 10.3. The van der Waals surface area contributed by atoms with Crippen LogP contribution in [0.25, 0.3) is 0 Å². The van der Waals surface area contributed by atoms with Gasteiger partial charge < -0.3 is 10.0 Å². The predicted molar refractivity (Wildman–Crippen MR) is 64.3 cm³/mol. The number of carbonyl (C=O) groups is 1. The summed E-state index contributed by atoms with van der Waals surface area (Å²) in [4.78, 5) is 13.3. The molecule has 0 saturated carbocycles. The molecule has 3 nitrogen and oxygen atoms in total. The maximum atomic E-state index is 11.3. The number of nitrogens with zero attached hydrogens (tertiary/aromatic N) is 1. The van der Waals surface area contributed by atoms with Gasteiger partial charge in [-0.1, -0.05) is 30.3 Å². The fourth-order valence-electron chi connectivity index (χ4n) is 2.11. The lowest BCUT2D eigenvalue weighted by Crippen LogP contribution is -2.39. The molecule has 0 spiro atoms. The normalized spacial score (nSPS) is 13.8. The van der Waals surface area contributed by atoms with Crippen molar-refractivity contribution >= 4 is 5.97 Å². The van der Waals surface area contributed by atoms with Gasteiger partial charge in [-0.25, -0.2) is 0 Å². The number of hydrogen-bond acceptors (Lipinski definition) is 2. The lowest BCUT2D eigenvalue weighted by atomic mass is 9.80. The van der Waals surface area contributed by atoms with Crippen LogP contribution in [0.5, 0.6) is 0 Å². The van der Waals surface area contributed by atoms with E-state index in [-0.39, 0.29) is 6.04 Å². The summed E-state index contributed by atoms with van der Waals surface area (Å²) in [6.45, 7) is 3.51. The highest BCUT2D eigenvalue weighted by atomic mass is 16.4. The van der Waals surface area contributed by atoms with Gasteiger partial charge in [0.25, 0.3) is 0 Å².